The summed E-state index contributed by atoms with van der Waals surface area (Å²) in [6, 6.07) is 28.5. The fourth-order valence-electron chi connectivity index (χ4n) is 4.94. The van der Waals surface area contributed by atoms with Gasteiger partial charge in [0.05, 0.1) is 13.2 Å². The minimum absolute atomic E-state index is 0.0942. The maximum absolute atomic E-state index is 13.5. The normalized spacial score (nSPS) is 16.3. The average Bonchev–Trinajstić information content (AvgIpc) is 2.89. The third-order valence-corrected chi connectivity index (χ3v) is 7.14. The number of carbonyl (C=O) groups excluding carboxylic acids is 1. The van der Waals surface area contributed by atoms with E-state index in [1.807, 2.05) is 42.5 Å². The van der Waals surface area contributed by atoms with E-state index in [-0.39, 0.29) is 11.3 Å². The van der Waals surface area contributed by atoms with Crippen LogP contribution in [-0.4, -0.2) is 68.1 Å². The van der Waals surface area contributed by atoms with Gasteiger partial charge in [-0.1, -0.05) is 84.9 Å². The maximum Gasteiger partial charge on any atom is 0.193 e. The molecule has 0 bridgehead atoms. The van der Waals surface area contributed by atoms with Crippen LogP contribution in [0, 0.1) is 0 Å². The number of carbonyl (C=O) groups is 1. The molecule has 1 unspecified atom stereocenters. The first kappa shape index (κ1) is 24.3. The second kappa shape index (κ2) is 11.6. The molecule has 1 aliphatic heterocycles. The molecule has 1 atom stereocenters. The fraction of sp³-hybridized carbons (Fsp3) is 0.367. The van der Waals surface area contributed by atoms with E-state index in [1.54, 1.807) is 0 Å². The molecule has 0 aromatic heterocycles. The lowest BCUT2D eigenvalue weighted by Gasteiger charge is -2.43. The smallest absolute Gasteiger partial charge is 0.193 e. The fourth-order valence-corrected chi connectivity index (χ4v) is 4.94. The number of hydrogen-bond acceptors (Lipinski definition) is 4. The van der Waals surface area contributed by atoms with Gasteiger partial charge in [0.25, 0.3) is 0 Å². The van der Waals surface area contributed by atoms with Crippen LogP contribution in [-0.2, 0) is 17.6 Å². The van der Waals surface area contributed by atoms with Crippen molar-refractivity contribution >= 4 is 5.78 Å². The lowest BCUT2D eigenvalue weighted by atomic mass is 9.79. The third-order valence-electron chi connectivity index (χ3n) is 7.14. The molecule has 34 heavy (non-hydrogen) atoms. The van der Waals surface area contributed by atoms with E-state index >= 15 is 0 Å². The Kier molecular flexibility index (Phi) is 8.28. The zero-order chi connectivity index (χ0) is 23.8. The molecule has 1 heterocycles. The lowest BCUT2D eigenvalue weighted by molar-refractivity contribution is 0.0265. The first-order valence-electron chi connectivity index (χ1n) is 12.3. The van der Waals surface area contributed by atoms with Crippen molar-refractivity contribution in [3.63, 3.8) is 0 Å². The predicted octanol–water partition coefficient (Wildman–Crippen LogP) is 4.73. The second-order valence-corrected chi connectivity index (χ2v) is 9.51. The van der Waals surface area contributed by atoms with Gasteiger partial charge in [-0.25, -0.2) is 0 Å². The van der Waals surface area contributed by atoms with Crippen LogP contribution in [0.3, 0.4) is 0 Å². The Balaban J connectivity index is 1.66. The van der Waals surface area contributed by atoms with Gasteiger partial charge in [0.2, 0.25) is 0 Å². The highest BCUT2D eigenvalue weighted by atomic mass is 16.5. The Labute approximate surface area is 204 Å². The monoisotopic (exact) mass is 456 g/mol. The van der Waals surface area contributed by atoms with Gasteiger partial charge >= 0.3 is 0 Å². The highest BCUT2D eigenvalue weighted by molar-refractivity contribution is 6.09. The summed E-state index contributed by atoms with van der Waals surface area (Å²) in [4.78, 5) is 18.3. The zero-order valence-electron chi connectivity index (χ0n) is 20.5. The highest BCUT2D eigenvalue weighted by Gasteiger charge is 2.35. The number of likely N-dealkylation sites (N-methyl/N-ethyl adjacent to an activating group) is 1. The van der Waals surface area contributed by atoms with Crippen molar-refractivity contribution in [3.8, 4) is 0 Å². The van der Waals surface area contributed by atoms with Crippen LogP contribution in [0.4, 0.5) is 0 Å². The minimum atomic E-state index is -0.118. The van der Waals surface area contributed by atoms with Crippen LogP contribution in [0.25, 0.3) is 0 Å². The Morgan fingerprint density at radius 1 is 0.853 bits per heavy atom. The largest absolute Gasteiger partial charge is 0.379 e. The van der Waals surface area contributed by atoms with Crippen molar-refractivity contribution < 1.29 is 9.53 Å². The summed E-state index contributed by atoms with van der Waals surface area (Å²) < 4.78 is 5.56. The third kappa shape index (κ3) is 6.01. The summed E-state index contributed by atoms with van der Waals surface area (Å²) >= 11 is 0. The second-order valence-electron chi connectivity index (χ2n) is 9.51. The van der Waals surface area contributed by atoms with E-state index < -0.39 is 0 Å². The number of morpholine rings is 1. The SMILES string of the molecule is CN(C)C(CCN1CCOCC1)(Cc1ccccc1)Cc1ccccc1C(=O)c1ccccc1. The number of nitrogens with zero attached hydrogens (tertiary/aromatic N) is 2. The summed E-state index contributed by atoms with van der Waals surface area (Å²) in [6.45, 7) is 4.60. The van der Waals surface area contributed by atoms with Gasteiger partial charge in [-0.05, 0) is 44.5 Å². The van der Waals surface area contributed by atoms with Gasteiger partial charge in [0, 0.05) is 36.3 Å². The molecule has 1 fully saturated rings. The molecule has 0 aliphatic carbocycles. The molecule has 4 nitrogen and oxygen atoms in total. The molecular formula is C30H36N2O2. The molecule has 4 heteroatoms. The summed E-state index contributed by atoms with van der Waals surface area (Å²) in [5, 5.41) is 0. The molecule has 3 aromatic carbocycles. The van der Waals surface area contributed by atoms with Crippen molar-refractivity contribution in [2.75, 3.05) is 46.9 Å². The Morgan fingerprint density at radius 2 is 1.47 bits per heavy atom. The molecule has 0 spiro atoms. The summed E-state index contributed by atoms with van der Waals surface area (Å²) in [5.41, 5.74) is 3.86. The summed E-state index contributed by atoms with van der Waals surface area (Å²) in [5.74, 6) is 0.0942. The predicted molar refractivity (Wildman–Crippen MR) is 138 cm³/mol. The number of hydrogen-bond donors (Lipinski definition) is 0. The van der Waals surface area contributed by atoms with Crippen molar-refractivity contribution in [1.82, 2.24) is 9.80 Å². The topological polar surface area (TPSA) is 32.8 Å². The molecule has 1 aliphatic rings. The van der Waals surface area contributed by atoms with E-state index in [2.05, 4.69) is 66.4 Å². The van der Waals surface area contributed by atoms with Crippen molar-refractivity contribution in [3.05, 3.63) is 107 Å². The number of benzene rings is 3. The van der Waals surface area contributed by atoms with E-state index in [9.17, 15) is 4.79 Å². The number of ether oxygens (including phenoxy) is 1. The van der Waals surface area contributed by atoms with E-state index in [0.29, 0.717) is 0 Å². The highest BCUT2D eigenvalue weighted by Crippen LogP contribution is 2.30. The zero-order valence-corrected chi connectivity index (χ0v) is 20.5. The standard InChI is InChI=1S/C30H36N2O2/c1-31(2)30(23-25-11-5-3-6-12-25,17-18-32-19-21-34-22-20-32)24-27-15-9-10-16-28(27)29(33)26-13-7-4-8-14-26/h3-16H,17-24H2,1-2H3. The first-order valence-corrected chi connectivity index (χ1v) is 12.3. The Bertz CT molecular complexity index is 1050. The van der Waals surface area contributed by atoms with Crippen molar-refractivity contribution in [2.45, 2.75) is 24.8 Å². The van der Waals surface area contributed by atoms with E-state index in [4.69, 9.17) is 4.74 Å². The van der Waals surface area contributed by atoms with Crippen LogP contribution in [0.1, 0.15) is 33.5 Å². The van der Waals surface area contributed by atoms with Crippen molar-refractivity contribution in [1.29, 1.82) is 0 Å². The van der Waals surface area contributed by atoms with Crippen LogP contribution in [0.2, 0.25) is 0 Å². The molecule has 0 N–H and O–H groups in total. The molecule has 3 aromatic rings. The molecule has 4 rings (SSSR count). The molecule has 1 saturated heterocycles. The van der Waals surface area contributed by atoms with Crippen molar-refractivity contribution in [2.24, 2.45) is 0 Å². The Morgan fingerprint density at radius 3 is 2.15 bits per heavy atom. The minimum Gasteiger partial charge on any atom is -0.379 e. The average molecular weight is 457 g/mol. The van der Waals surface area contributed by atoms with Gasteiger partial charge < -0.3 is 9.64 Å². The van der Waals surface area contributed by atoms with Gasteiger partial charge in [0.1, 0.15) is 0 Å². The van der Waals surface area contributed by atoms with Gasteiger partial charge in [0.15, 0.2) is 5.78 Å². The molecule has 0 amide bonds. The molecule has 0 radical (unpaired) electrons. The van der Waals surface area contributed by atoms with Crippen LogP contribution < -0.4 is 0 Å². The van der Waals surface area contributed by atoms with Gasteiger partial charge in [-0.3, -0.25) is 9.69 Å². The van der Waals surface area contributed by atoms with Crippen LogP contribution >= 0.6 is 0 Å². The Hall–Kier alpha value is -2.79. The number of ketones is 1. The maximum atomic E-state index is 13.5. The van der Waals surface area contributed by atoms with Crippen LogP contribution in [0.15, 0.2) is 84.9 Å². The quantitative estimate of drug-likeness (QED) is 0.413. The van der Waals surface area contributed by atoms with Gasteiger partial charge in [-0.2, -0.15) is 0 Å². The first-order chi connectivity index (χ1) is 16.6. The number of rotatable bonds is 10. The van der Waals surface area contributed by atoms with E-state index in [1.165, 1.54) is 5.56 Å². The molecular weight excluding hydrogens is 420 g/mol. The molecule has 0 saturated carbocycles. The van der Waals surface area contributed by atoms with Crippen LogP contribution in [0.5, 0.6) is 0 Å². The summed E-state index contributed by atoms with van der Waals surface area (Å²) in [6.07, 6.45) is 2.76. The molecule has 178 valence electrons. The summed E-state index contributed by atoms with van der Waals surface area (Å²) in [7, 11) is 4.37. The van der Waals surface area contributed by atoms with Gasteiger partial charge in [-0.15, -0.1) is 0 Å². The lowest BCUT2D eigenvalue weighted by Crippen LogP contribution is -2.51. The van der Waals surface area contributed by atoms with E-state index in [0.717, 1.165) is 68.8 Å².